The first-order chi connectivity index (χ1) is 11.5. The molecule has 0 radical (unpaired) electrons. The fraction of sp³-hybridized carbons (Fsp3) is 0.235. The van der Waals surface area contributed by atoms with Crippen LogP contribution in [-0.2, 0) is 11.3 Å². The van der Waals surface area contributed by atoms with Crippen molar-refractivity contribution in [2.24, 2.45) is 0 Å². The van der Waals surface area contributed by atoms with Gasteiger partial charge in [0.1, 0.15) is 0 Å². The monoisotopic (exact) mass is 347 g/mol. The molecule has 0 bridgehead atoms. The van der Waals surface area contributed by atoms with Crippen molar-refractivity contribution in [3.63, 3.8) is 0 Å². The Bertz CT molecular complexity index is 802. The largest absolute Gasteiger partial charge is 0.355 e. The van der Waals surface area contributed by atoms with E-state index in [0.717, 1.165) is 5.56 Å². The molecule has 0 atom stereocenters. The molecule has 0 aliphatic carbocycles. The second kappa shape index (κ2) is 8.31. The molecule has 0 fully saturated rings. The van der Waals surface area contributed by atoms with E-state index in [1.807, 2.05) is 12.1 Å². The topological polar surface area (TPSA) is 80.2 Å². The maximum atomic E-state index is 12.1. The van der Waals surface area contributed by atoms with Gasteiger partial charge in [-0.1, -0.05) is 29.8 Å². The number of hydrogen-bond acceptors (Lipinski definition) is 3. The van der Waals surface area contributed by atoms with Gasteiger partial charge in [-0.2, -0.15) is 0 Å². The lowest BCUT2D eigenvalue weighted by molar-refractivity contribution is -0.120. The molecule has 7 heteroatoms. The average molecular weight is 348 g/mol. The number of nitrogens with zero attached hydrogens (tertiary/aromatic N) is 1. The molecule has 0 aliphatic rings. The fourth-order valence-electron chi connectivity index (χ4n) is 2.12. The molecule has 0 spiro atoms. The van der Waals surface area contributed by atoms with Crippen LogP contribution >= 0.6 is 11.6 Å². The van der Waals surface area contributed by atoms with Gasteiger partial charge in [-0.05, 0) is 24.6 Å². The Labute approximate surface area is 144 Å². The van der Waals surface area contributed by atoms with Gasteiger partial charge in [-0.3, -0.25) is 14.4 Å². The highest BCUT2D eigenvalue weighted by Crippen LogP contribution is 2.15. The van der Waals surface area contributed by atoms with E-state index < -0.39 is 5.91 Å². The molecular formula is C17H18ClN3O3. The summed E-state index contributed by atoms with van der Waals surface area (Å²) in [6.07, 6.45) is 1.46. The Morgan fingerprint density at radius 1 is 1.12 bits per heavy atom. The Morgan fingerprint density at radius 3 is 2.58 bits per heavy atom. The quantitative estimate of drug-likeness (QED) is 0.829. The summed E-state index contributed by atoms with van der Waals surface area (Å²) in [7, 11) is 0. The van der Waals surface area contributed by atoms with Crippen molar-refractivity contribution in [1.29, 1.82) is 0 Å². The van der Waals surface area contributed by atoms with E-state index >= 15 is 0 Å². The van der Waals surface area contributed by atoms with E-state index in [9.17, 15) is 14.4 Å². The third kappa shape index (κ3) is 4.70. The van der Waals surface area contributed by atoms with Crippen LogP contribution in [0.5, 0.6) is 0 Å². The number of carbonyl (C=O) groups is 2. The van der Waals surface area contributed by atoms with Gasteiger partial charge in [-0.15, -0.1) is 0 Å². The van der Waals surface area contributed by atoms with Gasteiger partial charge >= 0.3 is 0 Å². The Balaban J connectivity index is 2.13. The number of halogens is 1. The Kier molecular flexibility index (Phi) is 6.14. The average Bonchev–Trinajstić information content (AvgIpc) is 2.57. The minimum Gasteiger partial charge on any atom is -0.355 e. The zero-order valence-electron chi connectivity index (χ0n) is 13.2. The highest BCUT2D eigenvalue weighted by Gasteiger charge is 2.10. The van der Waals surface area contributed by atoms with Gasteiger partial charge in [0, 0.05) is 23.8 Å². The van der Waals surface area contributed by atoms with E-state index in [-0.39, 0.29) is 24.6 Å². The summed E-state index contributed by atoms with van der Waals surface area (Å²) in [5.74, 6) is -0.690. The van der Waals surface area contributed by atoms with E-state index in [4.69, 9.17) is 11.6 Å². The minimum atomic E-state index is -0.422. The fourth-order valence-corrected chi connectivity index (χ4v) is 2.32. The van der Waals surface area contributed by atoms with E-state index in [0.29, 0.717) is 17.1 Å². The minimum absolute atomic E-state index is 0.115. The van der Waals surface area contributed by atoms with Crippen molar-refractivity contribution in [3.8, 4) is 0 Å². The number of aromatic nitrogens is 1. The third-order valence-electron chi connectivity index (χ3n) is 3.33. The van der Waals surface area contributed by atoms with Crippen LogP contribution in [0.15, 0.2) is 47.4 Å². The second-order valence-corrected chi connectivity index (χ2v) is 5.52. The highest BCUT2D eigenvalue weighted by atomic mass is 35.5. The summed E-state index contributed by atoms with van der Waals surface area (Å²) in [4.78, 5) is 35.5. The lowest BCUT2D eigenvalue weighted by Crippen LogP contribution is -2.37. The molecule has 1 aromatic carbocycles. The van der Waals surface area contributed by atoms with Crippen LogP contribution in [0, 0.1) is 0 Å². The van der Waals surface area contributed by atoms with Gasteiger partial charge in [0.15, 0.2) is 0 Å². The summed E-state index contributed by atoms with van der Waals surface area (Å²) in [5.41, 5.74) is 0.835. The molecule has 2 N–H and O–H groups in total. The van der Waals surface area contributed by atoms with Crippen molar-refractivity contribution in [2.75, 3.05) is 13.1 Å². The molecule has 0 unspecified atom stereocenters. The molecule has 2 amide bonds. The number of carbonyl (C=O) groups excluding carboxylic acids is 2. The van der Waals surface area contributed by atoms with Crippen LogP contribution in [-0.4, -0.2) is 29.5 Å². The number of likely N-dealkylation sites (N-methyl/N-ethyl adjacent to an activating group) is 1. The zero-order valence-corrected chi connectivity index (χ0v) is 14.0. The van der Waals surface area contributed by atoms with Crippen LogP contribution in [0.4, 0.5) is 0 Å². The first-order valence-electron chi connectivity index (χ1n) is 7.50. The van der Waals surface area contributed by atoms with Crippen LogP contribution in [0.1, 0.15) is 22.8 Å². The van der Waals surface area contributed by atoms with Crippen molar-refractivity contribution < 1.29 is 9.59 Å². The predicted molar refractivity (Wildman–Crippen MR) is 92.3 cm³/mol. The van der Waals surface area contributed by atoms with Crippen LogP contribution < -0.4 is 16.2 Å². The lowest BCUT2D eigenvalue weighted by Gasteiger charge is -2.10. The summed E-state index contributed by atoms with van der Waals surface area (Å²) in [5, 5.41) is 5.65. The SMILES string of the molecule is CCNC(=O)CNC(=O)c1ccc(=O)n(Cc2ccccc2Cl)c1. The summed E-state index contributed by atoms with van der Waals surface area (Å²) < 4.78 is 1.41. The molecule has 126 valence electrons. The molecule has 1 aromatic heterocycles. The maximum absolute atomic E-state index is 12.1. The second-order valence-electron chi connectivity index (χ2n) is 5.11. The summed E-state index contributed by atoms with van der Waals surface area (Å²) in [6, 6.07) is 9.94. The molecular weight excluding hydrogens is 330 g/mol. The lowest BCUT2D eigenvalue weighted by atomic mass is 10.2. The van der Waals surface area contributed by atoms with Gasteiger partial charge in [0.2, 0.25) is 5.91 Å². The van der Waals surface area contributed by atoms with Crippen molar-refractivity contribution in [1.82, 2.24) is 15.2 Å². The maximum Gasteiger partial charge on any atom is 0.253 e. The number of benzene rings is 1. The smallest absolute Gasteiger partial charge is 0.253 e. The van der Waals surface area contributed by atoms with Gasteiger partial charge in [-0.25, -0.2) is 0 Å². The first-order valence-corrected chi connectivity index (χ1v) is 7.88. The van der Waals surface area contributed by atoms with Crippen molar-refractivity contribution in [2.45, 2.75) is 13.5 Å². The van der Waals surface area contributed by atoms with Gasteiger partial charge < -0.3 is 15.2 Å². The third-order valence-corrected chi connectivity index (χ3v) is 3.70. The number of hydrogen-bond donors (Lipinski definition) is 2. The molecule has 0 saturated carbocycles. The number of amides is 2. The molecule has 0 aliphatic heterocycles. The van der Waals surface area contributed by atoms with E-state index in [1.54, 1.807) is 19.1 Å². The molecule has 2 aromatic rings. The van der Waals surface area contributed by atoms with Gasteiger partial charge in [0.25, 0.3) is 11.5 Å². The molecule has 2 rings (SSSR count). The standard InChI is InChI=1S/C17H18ClN3O3/c1-2-19-15(22)9-20-17(24)13-7-8-16(23)21(11-13)10-12-5-3-4-6-14(12)18/h3-8,11H,2,9-10H2,1H3,(H,19,22)(H,20,24). The number of nitrogens with one attached hydrogen (secondary N) is 2. The summed E-state index contributed by atoms with van der Waals surface area (Å²) in [6.45, 7) is 2.44. The summed E-state index contributed by atoms with van der Waals surface area (Å²) >= 11 is 6.10. The van der Waals surface area contributed by atoms with E-state index in [1.165, 1.54) is 22.9 Å². The Hall–Kier alpha value is -2.60. The predicted octanol–water partition coefficient (Wildman–Crippen LogP) is 1.42. The first kappa shape index (κ1) is 17.7. The molecule has 0 saturated heterocycles. The van der Waals surface area contributed by atoms with Crippen LogP contribution in [0.25, 0.3) is 0 Å². The van der Waals surface area contributed by atoms with Crippen molar-refractivity contribution in [3.05, 3.63) is 69.1 Å². The highest BCUT2D eigenvalue weighted by molar-refractivity contribution is 6.31. The molecule has 24 heavy (non-hydrogen) atoms. The zero-order chi connectivity index (χ0) is 17.5. The normalized spacial score (nSPS) is 10.2. The number of pyridine rings is 1. The van der Waals surface area contributed by atoms with Crippen LogP contribution in [0.3, 0.4) is 0 Å². The van der Waals surface area contributed by atoms with Crippen molar-refractivity contribution >= 4 is 23.4 Å². The van der Waals surface area contributed by atoms with E-state index in [2.05, 4.69) is 10.6 Å². The van der Waals surface area contributed by atoms with Crippen LogP contribution in [0.2, 0.25) is 5.02 Å². The Morgan fingerprint density at radius 2 is 1.88 bits per heavy atom. The number of rotatable bonds is 6. The molecule has 1 heterocycles. The molecule has 6 nitrogen and oxygen atoms in total. The van der Waals surface area contributed by atoms with Gasteiger partial charge in [0.05, 0.1) is 18.7 Å².